The van der Waals surface area contributed by atoms with E-state index in [1.807, 2.05) is 25.1 Å². The summed E-state index contributed by atoms with van der Waals surface area (Å²) in [5.41, 5.74) is 3.72. The molecular weight excluding hydrogens is 320 g/mol. The molecule has 0 aromatic carbocycles. The monoisotopic (exact) mass is 342 g/mol. The fourth-order valence-corrected chi connectivity index (χ4v) is 3.64. The number of aromatic nitrogens is 4. The normalized spacial score (nSPS) is 11.3. The summed E-state index contributed by atoms with van der Waals surface area (Å²) in [4.78, 5) is 21.4. The van der Waals surface area contributed by atoms with Gasteiger partial charge in [-0.1, -0.05) is 31.2 Å². The van der Waals surface area contributed by atoms with Crippen LogP contribution in [0.4, 0.5) is 0 Å². The van der Waals surface area contributed by atoms with Gasteiger partial charge in [-0.2, -0.15) is 0 Å². The summed E-state index contributed by atoms with van der Waals surface area (Å²) in [5, 5.41) is 1.01. The SMILES string of the molecule is CCCCn1c(SCc2cc(=O)n3ccccc3n2)nc(C)c1C. The first-order valence-corrected chi connectivity index (χ1v) is 9.22. The minimum absolute atomic E-state index is 0.0436. The molecule has 0 aliphatic heterocycles. The number of pyridine rings is 1. The van der Waals surface area contributed by atoms with Crippen LogP contribution in [0.25, 0.3) is 5.65 Å². The molecule has 0 aliphatic carbocycles. The van der Waals surface area contributed by atoms with E-state index in [4.69, 9.17) is 0 Å². The topological polar surface area (TPSA) is 52.2 Å². The largest absolute Gasteiger partial charge is 0.323 e. The van der Waals surface area contributed by atoms with Crippen LogP contribution in [-0.4, -0.2) is 18.9 Å². The van der Waals surface area contributed by atoms with Gasteiger partial charge in [0.25, 0.3) is 5.56 Å². The van der Waals surface area contributed by atoms with Gasteiger partial charge in [0, 0.05) is 30.3 Å². The highest BCUT2D eigenvalue weighted by molar-refractivity contribution is 7.98. The van der Waals surface area contributed by atoms with E-state index < -0.39 is 0 Å². The summed E-state index contributed by atoms with van der Waals surface area (Å²) in [6, 6.07) is 7.19. The molecule has 0 amide bonds. The molecule has 0 fully saturated rings. The van der Waals surface area contributed by atoms with Crippen LogP contribution in [0.2, 0.25) is 0 Å². The van der Waals surface area contributed by atoms with Crippen molar-refractivity contribution < 1.29 is 0 Å². The van der Waals surface area contributed by atoms with E-state index in [0.29, 0.717) is 11.4 Å². The van der Waals surface area contributed by atoms with E-state index in [1.165, 1.54) is 5.69 Å². The summed E-state index contributed by atoms with van der Waals surface area (Å²) in [6.45, 7) is 7.34. The van der Waals surface area contributed by atoms with E-state index in [-0.39, 0.29) is 5.56 Å². The third-order valence-electron chi connectivity index (χ3n) is 4.13. The minimum Gasteiger partial charge on any atom is -0.323 e. The molecule has 3 aromatic heterocycles. The fourth-order valence-electron chi connectivity index (χ4n) is 2.63. The van der Waals surface area contributed by atoms with Gasteiger partial charge in [0.2, 0.25) is 0 Å². The van der Waals surface area contributed by atoms with Crippen molar-refractivity contribution in [3.63, 3.8) is 0 Å². The summed E-state index contributed by atoms with van der Waals surface area (Å²) >= 11 is 1.64. The zero-order valence-corrected chi connectivity index (χ0v) is 15.1. The third-order valence-corrected chi connectivity index (χ3v) is 5.14. The predicted octanol–water partition coefficient (Wildman–Crippen LogP) is 3.60. The quantitative estimate of drug-likeness (QED) is 0.642. The van der Waals surface area contributed by atoms with Gasteiger partial charge in [0.15, 0.2) is 5.16 Å². The molecule has 0 unspecified atom stereocenters. The van der Waals surface area contributed by atoms with Gasteiger partial charge in [0.05, 0.1) is 11.4 Å². The van der Waals surface area contributed by atoms with Crippen LogP contribution < -0.4 is 5.56 Å². The van der Waals surface area contributed by atoms with Crippen LogP contribution in [0.3, 0.4) is 0 Å². The number of thioether (sulfide) groups is 1. The summed E-state index contributed by atoms with van der Waals surface area (Å²) in [5.74, 6) is 0.642. The van der Waals surface area contributed by atoms with Gasteiger partial charge in [-0.3, -0.25) is 9.20 Å². The first kappa shape index (κ1) is 16.8. The number of fused-ring (bicyclic) bond motifs is 1. The van der Waals surface area contributed by atoms with Crippen molar-refractivity contribution >= 4 is 17.4 Å². The third kappa shape index (κ3) is 3.38. The van der Waals surface area contributed by atoms with Crippen molar-refractivity contribution in [2.75, 3.05) is 0 Å². The lowest BCUT2D eigenvalue weighted by Crippen LogP contribution is -2.14. The Bertz CT molecular complexity index is 913. The van der Waals surface area contributed by atoms with Gasteiger partial charge < -0.3 is 4.57 Å². The second-order valence-corrected chi connectivity index (χ2v) is 6.82. The summed E-state index contributed by atoms with van der Waals surface area (Å²) in [7, 11) is 0. The van der Waals surface area contributed by atoms with E-state index in [0.717, 1.165) is 35.9 Å². The Kier molecular flexibility index (Phi) is 5.04. The van der Waals surface area contributed by atoms with Crippen LogP contribution >= 0.6 is 11.8 Å². The van der Waals surface area contributed by atoms with Gasteiger partial charge in [-0.25, -0.2) is 9.97 Å². The molecule has 3 heterocycles. The lowest BCUT2D eigenvalue weighted by Gasteiger charge is -2.09. The van der Waals surface area contributed by atoms with Crippen LogP contribution in [0.15, 0.2) is 40.4 Å². The van der Waals surface area contributed by atoms with Crippen molar-refractivity contribution in [3.05, 3.63) is 57.9 Å². The lowest BCUT2D eigenvalue weighted by atomic mass is 10.3. The number of unbranched alkanes of at least 4 members (excludes halogenated alkanes) is 1. The van der Waals surface area contributed by atoms with Crippen molar-refractivity contribution in [1.82, 2.24) is 18.9 Å². The second-order valence-electron chi connectivity index (χ2n) is 5.87. The van der Waals surface area contributed by atoms with Crippen LogP contribution in [0.5, 0.6) is 0 Å². The molecule has 6 heteroatoms. The molecular formula is C18H22N4OS. The van der Waals surface area contributed by atoms with E-state index in [1.54, 1.807) is 28.4 Å². The van der Waals surface area contributed by atoms with Crippen LogP contribution in [-0.2, 0) is 12.3 Å². The zero-order chi connectivity index (χ0) is 17.1. The Balaban J connectivity index is 1.83. The molecule has 5 nitrogen and oxygen atoms in total. The van der Waals surface area contributed by atoms with Crippen molar-refractivity contribution in [1.29, 1.82) is 0 Å². The fraction of sp³-hybridized carbons (Fsp3) is 0.389. The van der Waals surface area contributed by atoms with Crippen molar-refractivity contribution in [2.45, 2.75) is 51.1 Å². The molecule has 3 rings (SSSR count). The van der Waals surface area contributed by atoms with E-state index >= 15 is 0 Å². The molecule has 0 aliphatic rings. The first-order valence-electron chi connectivity index (χ1n) is 8.24. The Morgan fingerprint density at radius 3 is 2.83 bits per heavy atom. The van der Waals surface area contributed by atoms with Gasteiger partial charge >= 0.3 is 0 Å². The average Bonchev–Trinajstić information content (AvgIpc) is 2.85. The van der Waals surface area contributed by atoms with E-state index in [2.05, 4.69) is 28.4 Å². The Morgan fingerprint density at radius 2 is 2.04 bits per heavy atom. The molecule has 0 saturated carbocycles. The lowest BCUT2D eigenvalue weighted by molar-refractivity contribution is 0.575. The predicted molar refractivity (Wildman–Crippen MR) is 97.6 cm³/mol. The molecule has 3 aromatic rings. The number of nitrogens with zero attached hydrogens (tertiary/aromatic N) is 4. The molecule has 0 bridgehead atoms. The smallest absolute Gasteiger partial charge is 0.258 e. The highest BCUT2D eigenvalue weighted by Crippen LogP contribution is 2.24. The Labute approximate surface area is 145 Å². The van der Waals surface area contributed by atoms with Crippen molar-refractivity contribution in [3.8, 4) is 0 Å². The number of rotatable bonds is 6. The van der Waals surface area contributed by atoms with E-state index in [9.17, 15) is 4.79 Å². The molecule has 24 heavy (non-hydrogen) atoms. The van der Waals surface area contributed by atoms with Crippen molar-refractivity contribution in [2.24, 2.45) is 0 Å². The van der Waals surface area contributed by atoms with Gasteiger partial charge in [-0.15, -0.1) is 0 Å². The van der Waals surface area contributed by atoms with Gasteiger partial charge in [-0.05, 0) is 32.4 Å². The van der Waals surface area contributed by atoms with Crippen LogP contribution in [0, 0.1) is 13.8 Å². The first-order chi connectivity index (χ1) is 11.6. The van der Waals surface area contributed by atoms with Gasteiger partial charge in [0.1, 0.15) is 5.65 Å². The minimum atomic E-state index is -0.0436. The Hall–Kier alpha value is -2.08. The highest BCUT2D eigenvalue weighted by atomic mass is 32.2. The molecule has 0 spiro atoms. The molecule has 0 N–H and O–H groups in total. The maximum absolute atomic E-state index is 12.2. The number of hydrogen-bond acceptors (Lipinski definition) is 4. The zero-order valence-electron chi connectivity index (χ0n) is 14.3. The maximum Gasteiger partial charge on any atom is 0.258 e. The second kappa shape index (κ2) is 7.21. The maximum atomic E-state index is 12.2. The molecule has 126 valence electrons. The molecule has 0 radical (unpaired) electrons. The summed E-state index contributed by atoms with van der Waals surface area (Å²) < 4.78 is 3.84. The Morgan fingerprint density at radius 1 is 1.21 bits per heavy atom. The standard InChI is InChI=1S/C18H22N4OS/c1-4-5-9-21-14(3)13(2)19-18(21)24-12-15-11-17(23)22-10-7-6-8-16(22)20-15/h6-8,10-11H,4-5,9,12H2,1-3H3. The molecule has 0 atom stereocenters. The number of hydrogen-bond donors (Lipinski definition) is 0. The summed E-state index contributed by atoms with van der Waals surface area (Å²) in [6.07, 6.45) is 4.04. The average molecular weight is 342 g/mol. The molecule has 0 saturated heterocycles. The number of aryl methyl sites for hydroxylation is 1. The number of imidazole rings is 1. The van der Waals surface area contributed by atoms with Crippen LogP contribution in [0.1, 0.15) is 36.8 Å². The highest BCUT2D eigenvalue weighted by Gasteiger charge is 2.12.